The van der Waals surface area contributed by atoms with Crippen LogP contribution in [0.4, 0.5) is 0 Å². The first-order valence-electron chi connectivity index (χ1n) is 7.41. The fourth-order valence-electron chi connectivity index (χ4n) is 2.29. The Morgan fingerprint density at radius 1 is 1.36 bits per heavy atom. The Kier molecular flexibility index (Phi) is 5.93. The summed E-state index contributed by atoms with van der Waals surface area (Å²) in [4.78, 5) is 11.7. The van der Waals surface area contributed by atoms with Gasteiger partial charge in [0, 0.05) is 13.2 Å². The molecule has 0 spiro atoms. The summed E-state index contributed by atoms with van der Waals surface area (Å²) in [5, 5.41) is 0. The highest BCUT2D eigenvalue weighted by molar-refractivity contribution is 7.89. The Bertz CT molecular complexity index is 591. The second-order valence-corrected chi connectivity index (χ2v) is 6.83. The van der Waals surface area contributed by atoms with E-state index in [0.29, 0.717) is 18.5 Å². The molecule has 0 radical (unpaired) electrons. The standard InChI is InChI=1S/C15H21NO5S/c1-2-20-15(17)12-5-7-14(8-6-12)22(18,19)16-10-9-13-4-3-11-21-13/h5-8,13,16H,2-4,9-11H2,1H3/t13-/m1/s1. The van der Waals surface area contributed by atoms with Crippen molar-refractivity contribution < 1.29 is 22.7 Å². The van der Waals surface area contributed by atoms with Gasteiger partial charge in [-0.25, -0.2) is 17.9 Å². The van der Waals surface area contributed by atoms with Crippen LogP contribution in [0.5, 0.6) is 0 Å². The number of esters is 1. The van der Waals surface area contributed by atoms with Gasteiger partial charge in [-0.3, -0.25) is 0 Å². The predicted molar refractivity (Wildman–Crippen MR) is 81.2 cm³/mol. The molecule has 1 N–H and O–H groups in total. The van der Waals surface area contributed by atoms with Crippen molar-refractivity contribution in [1.82, 2.24) is 4.72 Å². The van der Waals surface area contributed by atoms with E-state index in [-0.39, 0.29) is 17.6 Å². The third kappa shape index (κ3) is 4.53. The van der Waals surface area contributed by atoms with Crippen LogP contribution in [0, 0.1) is 0 Å². The van der Waals surface area contributed by atoms with Crippen molar-refractivity contribution in [2.24, 2.45) is 0 Å². The van der Waals surface area contributed by atoms with E-state index >= 15 is 0 Å². The van der Waals surface area contributed by atoms with E-state index in [1.165, 1.54) is 24.3 Å². The number of ether oxygens (including phenoxy) is 2. The van der Waals surface area contributed by atoms with Gasteiger partial charge in [0.25, 0.3) is 0 Å². The lowest BCUT2D eigenvalue weighted by atomic mass is 10.2. The summed E-state index contributed by atoms with van der Waals surface area (Å²) in [6.07, 6.45) is 2.83. The minimum Gasteiger partial charge on any atom is -0.462 e. The van der Waals surface area contributed by atoms with Gasteiger partial charge >= 0.3 is 5.97 Å². The van der Waals surface area contributed by atoms with Crippen molar-refractivity contribution in [3.8, 4) is 0 Å². The first kappa shape index (κ1) is 16.9. The Morgan fingerprint density at radius 3 is 2.68 bits per heavy atom. The summed E-state index contributed by atoms with van der Waals surface area (Å²) in [5.74, 6) is -0.460. The molecule has 0 aromatic heterocycles. The minimum absolute atomic E-state index is 0.132. The average molecular weight is 327 g/mol. The van der Waals surface area contributed by atoms with E-state index in [4.69, 9.17) is 9.47 Å². The molecule has 0 saturated carbocycles. The molecule has 7 heteroatoms. The lowest BCUT2D eigenvalue weighted by Gasteiger charge is -2.11. The zero-order valence-electron chi connectivity index (χ0n) is 12.6. The predicted octanol–water partition coefficient (Wildman–Crippen LogP) is 1.71. The molecule has 1 aromatic rings. The summed E-state index contributed by atoms with van der Waals surface area (Å²) in [6, 6.07) is 5.71. The molecule has 0 amide bonds. The molecule has 1 aliphatic rings. The number of carbonyl (C=O) groups is 1. The first-order valence-corrected chi connectivity index (χ1v) is 8.89. The average Bonchev–Trinajstić information content (AvgIpc) is 3.01. The van der Waals surface area contributed by atoms with Crippen molar-refractivity contribution in [3.63, 3.8) is 0 Å². The number of sulfonamides is 1. The zero-order valence-corrected chi connectivity index (χ0v) is 13.4. The SMILES string of the molecule is CCOC(=O)c1ccc(S(=O)(=O)NCC[C@H]2CCCO2)cc1. The zero-order chi connectivity index (χ0) is 16.0. The second-order valence-electron chi connectivity index (χ2n) is 5.07. The quantitative estimate of drug-likeness (QED) is 0.771. The van der Waals surface area contributed by atoms with Gasteiger partial charge in [0.05, 0.1) is 23.2 Å². The molecule has 122 valence electrons. The highest BCUT2D eigenvalue weighted by Gasteiger charge is 2.18. The Balaban J connectivity index is 1.92. The van der Waals surface area contributed by atoms with Crippen molar-refractivity contribution in [3.05, 3.63) is 29.8 Å². The van der Waals surface area contributed by atoms with Gasteiger partial charge in [-0.15, -0.1) is 0 Å². The maximum atomic E-state index is 12.1. The lowest BCUT2D eigenvalue weighted by Crippen LogP contribution is -2.27. The molecule has 0 aliphatic carbocycles. The maximum Gasteiger partial charge on any atom is 0.338 e. The molecule has 1 aromatic carbocycles. The summed E-state index contributed by atoms with van der Waals surface area (Å²) < 4.78 is 37.2. The molecule has 1 atom stereocenters. The van der Waals surface area contributed by atoms with Crippen LogP contribution in [0.3, 0.4) is 0 Å². The van der Waals surface area contributed by atoms with Gasteiger partial charge < -0.3 is 9.47 Å². The van der Waals surface area contributed by atoms with E-state index in [0.717, 1.165) is 19.4 Å². The second kappa shape index (κ2) is 7.71. The van der Waals surface area contributed by atoms with Crippen LogP contribution < -0.4 is 4.72 Å². The maximum absolute atomic E-state index is 12.1. The van der Waals surface area contributed by atoms with Crippen LogP contribution in [0.25, 0.3) is 0 Å². The minimum atomic E-state index is -3.56. The van der Waals surface area contributed by atoms with E-state index in [9.17, 15) is 13.2 Å². The van der Waals surface area contributed by atoms with E-state index in [2.05, 4.69) is 4.72 Å². The van der Waals surface area contributed by atoms with Gasteiger partial charge in [-0.1, -0.05) is 0 Å². The van der Waals surface area contributed by atoms with Crippen LogP contribution in [-0.2, 0) is 19.5 Å². The van der Waals surface area contributed by atoms with Gasteiger partial charge in [0.1, 0.15) is 0 Å². The van der Waals surface area contributed by atoms with Crippen LogP contribution >= 0.6 is 0 Å². The molecule has 6 nitrogen and oxygen atoms in total. The molecule has 1 fully saturated rings. The smallest absolute Gasteiger partial charge is 0.338 e. The van der Waals surface area contributed by atoms with Crippen LogP contribution in [0.2, 0.25) is 0 Å². The number of carbonyl (C=O) groups excluding carboxylic acids is 1. The van der Waals surface area contributed by atoms with Gasteiger partial charge in [0.15, 0.2) is 0 Å². The van der Waals surface area contributed by atoms with Crippen molar-refractivity contribution in [1.29, 1.82) is 0 Å². The number of nitrogens with one attached hydrogen (secondary N) is 1. The van der Waals surface area contributed by atoms with E-state index < -0.39 is 16.0 Å². The normalized spacial score (nSPS) is 18.3. The van der Waals surface area contributed by atoms with Crippen LogP contribution in [0.15, 0.2) is 29.2 Å². The molecular weight excluding hydrogens is 306 g/mol. The number of hydrogen-bond donors (Lipinski definition) is 1. The van der Waals surface area contributed by atoms with Crippen molar-refractivity contribution >= 4 is 16.0 Å². The summed E-state index contributed by atoms with van der Waals surface area (Å²) in [6.45, 7) is 3.09. The third-order valence-electron chi connectivity index (χ3n) is 3.46. The van der Waals surface area contributed by atoms with Gasteiger partial charge in [-0.05, 0) is 50.5 Å². The summed E-state index contributed by atoms with van der Waals surface area (Å²) in [5.41, 5.74) is 0.333. The Labute approximate surface area is 130 Å². The fourth-order valence-corrected chi connectivity index (χ4v) is 3.34. The molecule has 0 unspecified atom stereocenters. The molecule has 1 saturated heterocycles. The number of hydrogen-bond acceptors (Lipinski definition) is 5. The topological polar surface area (TPSA) is 81.7 Å². The Hall–Kier alpha value is -1.44. The first-order chi connectivity index (χ1) is 10.5. The fraction of sp³-hybridized carbons (Fsp3) is 0.533. The monoisotopic (exact) mass is 327 g/mol. The Morgan fingerprint density at radius 2 is 2.09 bits per heavy atom. The molecule has 22 heavy (non-hydrogen) atoms. The third-order valence-corrected chi connectivity index (χ3v) is 4.94. The van der Waals surface area contributed by atoms with Crippen molar-refractivity contribution in [2.75, 3.05) is 19.8 Å². The van der Waals surface area contributed by atoms with Gasteiger partial charge in [-0.2, -0.15) is 0 Å². The molecular formula is C15H21NO5S. The highest BCUT2D eigenvalue weighted by atomic mass is 32.2. The summed E-state index contributed by atoms with van der Waals surface area (Å²) >= 11 is 0. The largest absolute Gasteiger partial charge is 0.462 e. The molecule has 1 aliphatic heterocycles. The van der Waals surface area contributed by atoms with E-state index in [1.807, 2.05) is 0 Å². The number of benzene rings is 1. The lowest BCUT2D eigenvalue weighted by molar-refractivity contribution is 0.0526. The highest BCUT2D eigenvalue weighted by Crippen LogP contribution is 2.15. The van der Waals surface area contributed by atoms with Gasteiger partial charge in [0.2, 0.25) is 10.0 Å². The molecule has 2 rings (SSSR count). The van der Waals surface area contributed by atoms with Crippen LogP contribution in [-0.4, -0.2) is 40.2 Å². The van der Waals surface area contributed by atoms with Crippen LogP contribution in [0.1, 0.15) is 36.5 Å². The molecule has 1 heterocycles. The summed E-state index contributed by atoms with van der Waals surface area (Å²) in [7, 11) is -3.56. The molecule has 0 bridgehead atoms. The number of rotatable bonds is 7. The van der Waals surface area contributed by atoms with E-state index in [1.54, 1.807) is 6.92 Å². The van der Waals surface area contributed by atoms with Crippen molar-refractivity contribution in [2.45, 2.75) is 37.2 Å².